The summed E-state index contributed by atoms with van der Waals surface area (Å²) in [6.45, 7) is 0. The number of aromatic amines is 1. The number of hydrogen-bond acceptors (Lipinski definition) is 3. The van der Waals surface area contributed by atoms with E-state index in [0.717, 1.165) is 12.8 Å². The summed E-state index contributed by atoms with van der Waals surface area (Å²) in [5.74, 6) is 0.730. The standard InChI is InChI=1S/C5H6N2O2/c8-5-6-4(7-9-5)3-1-2-3/h3H,1-2H2,(H,6,7,8). The summed E-state index contributed by atoms with van der Waals surface area (Å²) in [6.07, 6.45) is 2.25. The van der Waals surface area contributed by atoms with Crippen LogP contribution in [-0.2, 0) is 0 Å². The highest BCUT2D eigenvalue weighted by Crippen LogP contribution is 2.37. The van der Waals surface area contributed by atoms with Gasteiger partial charge in [-0.2, -0.15) is 0 Å². The zero-order valence-electron chi connectivity index (χ0n) is 4.76. The summed E-state index contributed by atoms with van der Waals surface area (Å²) in [5, 5.41) is 3.53. The summed E-state index contributed by atoms with van der Waals surface area (Å²) in [7, 11) is 0. The quantitative estimate of drug-likeness (QED) is 0.586. The van der Waals surface area contributed by atoms with Crippen LogP contribution in [0.1, 0.15) is 24.6 Å². The molecule has 9 heavy (non-hydrogen) atoms. The lowest BCUT2D eigenvalue weighted by Crippen LogP contribution is -1.95. The average Bonchev–Trinajstić information content (AvgIpc) is 2.58. The molecule has 1 saturated carbocycles. The van der Waals surface area contributed by atoms with Crippen molar-refractivity contribution in [3.05, 3.63) is 16.4 Å². The molecule has 1 aromatic heterocycles. The maximum absolute atomic E-state index is 10.3. The number of rotatable bonds is 1. The Bertz CT molecular complexity index is 258. The third kappa shape index (κ3) is 0.759. The first kappa shape index (κ1) is 4.78. The van der Waals surface area contributed by atoms with Gasteiger partial charge in [0.25, 0.3) is 0 Å². The van der Waals surface area contributed by atoms with Crippen LogP contribution >= 0.6 is 0 Å². The van der Waals surface area contributed by atoms with E-state index in [2.05, 4.69) is 14.7 Å². The first-order valence-corrected chi connectivity index (χ1v) is 2.92. The van der Waals surface area contributed by atoms with Gasteiger partial charge < -0.3 is 0 Å². The fourth-order valence-corrected chi connectivity index (χ4v) is 0.774. The molecule has 0 spiro atoms. The molecular formula is C5H6N2O2. The molecule has 1 heterocycles. The van der Waals surface area contributed by atoms with E-state index in [1.807, 2.05) is 0 Å². The summed E-state index contributed by atoms with van der Waals surface area (Å²) in [6, 6.07) is 0. The van der Waals surface area contributed by atoms with E-state index in [1.54, 1.807) is 0 Å². The van der Waals surface area contributed by atoms with Gasteiger partial charge in [-0.05, 0) is 12.8 Å². The molecule has 0 amide bonds. The highest BCUT2D eigenvalue weighted by atomic mass is 16.5. The minimum Gasteiger partial charge on any atom is -0.296 e. The molecule has 1 aromatic rings. The maximum atomic E-state index is 10.3. The monoisotopic (exact) mass is 126 g/mol. The van der Waals surface area contributed by atoms with Gasteiger partial charge in [-0.25, -0.2) is 4.79 Å². The van der Waals surface area contributed by atoms with Gasteiger partial charge >= 0.3 is 5.76 Å². The van der Waals surface area contributed by atoms with Crippen molar-refractivity contribution >= 4 is 0 Å². The van der Waals surface area contributed by atoms with Crippen molar-refractivity contribution in [3.63, 3.8) is 0 Å². The van der Waals surface area contributed by atoms with Crippen molar-refractivity contribution in [3.8, 4) is 0 Å². The van der Waals surface area contributed by atoms with Gasteiger partial charge in [0.15, 0.2) is 5.82 Å². The molecule has 1 fully saturated rings. The van der Waals surface area contributed by atoms with Crippen molar-refractivity contribution in [2.45, 2.75) is 18.8 Å². The summed E-state index contributed by atoms with van der Waals surface area (Å²) in [4.78, 5) is 12.8. The van der Waals surface area contributed by atoms with Gasteiger partial charge in [-0.15, -0.1) is 0 Å². The van der Waals surface area contributed by atoms with Crippen LogP contribution in [0.5, 0.6) is 0 Å². The summed E-state index contributed by atoms with van der Waals surface area (Å²) >= 11 is 0. The molecule has 0 radical (unpaired) electrons. The molecule has 0 bridgehead atoms. The summed E-state index contributed by atoms with van der Waals surface area (Å²) < 4.78 is 4.30. The maximum Gasteiger partial charge on any atom is 0.438 e. The minimum atomic E-state index is -0.447. The average molecular weight is 126 g/mol. The van der Waals surface area contributed by atoms with Gasteiger partial charge in [0.2, 0.25) is 0 Å². The van der Waals surface area contributed by atoms with E-state index in [9.17, 15) is 4.79 Å². The van der Waals surface area contributed by atoms with Crippen LogP contribution in [-0.4, -0.2) is 10.1 Å². The van der Waals surface area contributed by atoms with Crippen LogP contribution in [0.3, 0.4) is 0 Å². The van der Waals surface area contributed by atoms with Crippen LogP contribution < -0.4 is 5.76 Å². The van der Waals surface area contributed by atoms with E-state index in [1.165, 1.54) is 0 Å². The van der Waals surface area contributed by atoms with Gasteiger partial charge in [-0.3, -0.25) is 9.51 Å². The lowest BCUT2D eigenvalue weighted by molar-refractivity contribution is 0.381. The number of nitrogens with zero attached hydrogens (tertiary/aromatic N) is 1. The zero-order chi connectivity index (χ0) is 6.27. The van der Waals surface area contributed by atoms with E-state index < -0.39 is 5.76 Å². The smallest absolute Gasteiger partial charge is 0.296 e. The van der Waals surface area contributed by atoms with Gasteiger partial charge in [0, 0.05) is 5.92 Å². The molecule has 4 nitrogen and oxygen atoms in total. The first-order chi connectivity index (χ1) is 4.36. The van der Waals surface area contributed by atoms with Crippen molar-refractivity contribution in [1.82, 2.24) is 10.1 Å². The van der Waals surface area contributed by atoms with E-state index >= 15 is 0 Å². The first-order valence-electron chi connectivity index (χ1n) is 2.92. The van der Waals surface area contributed by atoms with Gasteiger partial charge in [0.1, 0.15) is 0 Å². The molecule has 1 aliphatic rings. The second kappa shape index (κ2) is 1.46. The Kier molecular flexibility index (Phi) is 0.777. The number of nitrogens with one attached hydrogen (secondary N) is 1. The van der Waals surface area contributed by atoms with Crippen molar-refractivity contribution in [2.24, 2.45) is 0 Å². The molecule has 2 rings (SSSR count). The lowest BCUT2D eigenvalue weighted by Gasteiger charge is -1.78. The SMILES string of the molecule is O=c1[nH]c(C2CC2)no1. The zero-order valence-corrected chi connectivity index (χ0v) is 4.76. The van der Waals surface area contributed by atoms with Crippen LogP contribution in [0, 0.1) is 0 Å². The summed E-state index contributed by atoms with van der Waals surface area (Å²) in [5.41, 5.74) is 0. The molecule has 0 aromatic carbocycles. The van der Waals surface area contributed by atoms with E-state index in [0.29, 0.717) is 11.7 Å². The Morgan fingerprint density at radius 3 is 2.89 bits per heavy atom. The largest absolute Gasteiger partial charge is 0.438 e. The predicted octanol–water partition coefficient (Wildman–Crippen LogP) is 0.240. The molecule has 48 valence electrons. The number of H-pyrrole nitrogens is 1. The van der Waals surface area contributed by atoms with Crippen molar-refractivity contribution in [1.29, 1.82) is 0 Å². The number of aromatic nitrogens is 2. The molecule has 4 heteroatoms. The number of hydrogen-bond donors (Lipinski definition) is 1. The predicted molar refractivity (Wildman–Crippen MR) is 29.1 cm³/mol. The molecule has 1 N–H and O–H groups in total. The Hall–Kier alpha value is -1.06. The van der Waals surface area contributed by atoms with Crippen molar-refractivity contribution in [2.75, 3.05) is 0 Å². The van der Waals surface area contributed by atoms with Crippen LogP contribution in [0.2, 0.25) is 0 Å². The molecule has 1 aliphatic carbocycles. The van der Waals surface area contributed by atoms with E-state index in [-0.39, 0.29) is 0 Å². The topological polar surface area (TPSA) is 58.9 Å². The second-order valence-electron chi connectivity index (χ2n) is 2.25. The Morgan fingerprint density at radius 1 is 1.67 bits per heavy atom. The molecule has 0 saturated heterocycles. The Morgan fingerprint density at radius 2 is 2.44 bits per heavy atom. The lowest BCUT2D eigenvalue weighted by atomic mass is 10.4. The fourth-order valence-electron chi connectivity index (χ4n) is 0.774. The Balaban J connectivity index is 2.38. The minimum absolute atomic E-state index is 0.447. The highest BCUT2D eigenvalue weighted by Gasteiger charge is 2.27. The normalized spacial score (nSPS) is 18.2. The van der Waals surface area contributed by atoms with Crippen LogP contribution in [0.15, 0.2) is 9.32 Å². The van der Waals surface area contributed by atoms with E-state index in [4.69, 9.17) is 0 Å². The fraction of sp³-hybridized carbons (Fsp3) is 0.600. The second-order valence-corrected chi connectivity index (χ2v) is 2.25. The molecule has 0 atom stereocenters. The van der Waals surface area contributed by atoms with Crippen LogP contribution in [0.25, 0.3) is 0 Å². The van der Waals surface area contributed by atoms with Crippen LogP contribution in [0.4, 0.5) is 0 Å². The highest BCUT2D eigenvalue weighted by molar-refractivity contribution is 5.00. The van der Waals surface area contributed by atoms with Gasteiger partial charge in [-0.1, -0.05) is 5.16 Å². The molecule has 0 unspecified atom stereocenters. The van der Waals surface area contributed by atoms with Crippen molar-refractivity contribution < 1.29 is 4.52 Å². The third-order valence-electron chi connectivity index (χ3n) is 1.42. The Labute approximate surface area is 50.9 Å². The van der Waals surface area contributed by atoms with Gasteiger partial charge in [0.05, 0.1) is 0 Å². The third-order valence-corrected chi connectivity index (χ3v) is 1.42. The molecular weight excluding hydrogens is 120 g/mol. The molecule has 0 aliphatic heterocycles.